The van der Waals surface area contributed by atoms with Crippen LogP contribution in [0.25, 0.3) is 11.0 Å². The summed E-state index contributed by atoms with van der Waals surface area (Å²) < 4.78 is 1.69. The molecule has 0 radical (unpaired) electrons. The topological polar surface area (TPSA) is 93.2 Å². The molecular weight excluding hydrogens is 354 g/mol. The van der Waals surface area contributed by atoms with E-state index in [0.717, 1.165) is 10.9 Å². The van der Waals surface area contributed by atoms with Gasteiger partial charge < -0.3 is 15.5 Å². The van der Waals surface area contributed by atoms with E-state index in [9.17, 15) is 4.79 Å². The monoisotopic (exact) mass is 379 g/mol. The molecule has 2 aromatic heterocycles. The van der Waals surface area contributed by atoms with E-state index in [0.29, 0.717) is 43.6 Å². The molecule has 0 spiro atoms. The molecule has 1 saturated heterocycles. The molecule has 0 bridgehead atoms. The van der Waals surface area contributed by atoms with Crippen molar-refractivity contribution in [1.29, 1.82) is 0 Å². The number of hydrogen-bond donors (Lipinski definition) is 1. The molecule has 0 saturated carbocycles. The Kier molecular flexibility index (Phi) is 4.41. The summed E-state index contributed by atoms with van der Waals surface area (Å²) in [4.78, 5) is 26.2. The lowest BCUT2D eigenvalue weighted by Crippen LogP contribution is -2.53. The van der Waals surface area contributed by atoms with Gasteiger partial charge in [0.25, 0.3) is 0 Å². The van der Waals surface area contributed by atoms with E-state index < -0.39 is 5.41 Å². The molecule has 1 amide bonds. The summed E-state index contributed by atoms with van der Waals surface area (Å²) in [7, 11) is 1.83. The van der Waals surface area contributed by atoms with Crippen LogP contribution in [0.3, 0.4) is 0 Å². The van der Waals surface area contributed by atoms with Crippen molar-refractivity contribution in [2.24, 2.45) is 7.05 Å². The zero-order valence-corrected chi connectivity index (χ0v) is 16.5. The molecule has 0 unspecified atom stereocenters. The molecule has 28 heavy (non-hydrogen) atoms. The number of carbonyl (C=O) groups is 1. The fourth-order valence-electron chi connectivity index (χ4n) is 3.66. The van der Waals surface area contributed by atoms with Crippen LogP contribution in [-0.4, -0.2) is 56.7 Å². The molecule has 1 aliphatic heterocycles. The Morgan fingerprint density at radius 2 is 1.75 bits per heavy atom. The van der Waals surface area contributed by atoms with Crippen molar-refractivity contribution in [3.05, 3.63) is 42.1 Å². The van der Waals surface area contributed by atoms with Gasteiger partial charge in [0.2, 0.25) is 11.9 Å². The second kappa shape index (κ2) is 6.78. The standard InChI is InChI=1S/C20H25N7O/c1-20(2,14-7-5-4-6-8-14)18(28)26-9-11-27(12-10-26)19-23-16(21)15-13-22-25(3)17(15)24-19/h4-8,13H,9-12H2,1-3H3,(H2,21,23,24). The Morgan fingerprint density at radius 1 is 1.07 bits per heavy atom. The highest BCUT2D eigenvalue weighted by Crippen LogP contribution is 2.27. The lowest BCUT2D eigenvalue weighted by Gasteiger charge is -2.38. The van der Waals surface area contributed by atoms with Crippen LogP contribution in [0, 0.1) is 0 Å². The maximum atomic E-state index is 13.1. The Labute approximate surface area is 164 Å². The van der Waals surface area contributed by atoms with Crippen LogP contribution in [0.5, 0.6) is 0 Å². The minimum Gasteiger partial charge on any atom is -0.383 e. The second-order valence-electron chi connectivity index (χ2n) is 7.68. The van der Waals surface area contributed by atoms with Gasteiger partial charge in [-0.1, -0.05) is 30.3 Å². The maximum Gasteiger partial charge on any atom is 0.232 e. The van der Waals surface area contributed by atoms with Crippen LogP contribution in [-0.2, 0) is 17.3 Å². The molecule has 8 nitrogen and oxygen atoms in total. The third-order valence-corrected chi connectivity index (χ3v) is 5.49. The van der Waals surface area contributed by atoms with E-state index in [1.54, 1.807) is 10.9 Å². The molecule has 146 valence electrons. The third kappa shape index (κ3) is 3.04. The first-order chi connectivity index (χ1) is 13.4. The van der Waals surface area contributed by atoms with Crippen molar-refractivity contribution in [2.45, 2.75) is 19.3 Å². The second-order valence-corrected chi connectivity index (χ2v) is 7.68. The van der Waals surface area contributed by atoms with Gasteiger partial charge in [0.1, 0.15) is 5.82 Å². The maximum absolute atomic E-state index is 13.1. The van der Waals surface area contributed by atoms with Gasteiger partial charge in [0.15, 0.2) is 5.65 Å². The number of fused-ring (bicyclic) bond motifs is 1. The lowest BCUT2D eigenvalue weighted by atomic mass is 9.83. The largest absolute Gasteiger partial charge is 0.383 e. The molecule has 1 fully saturated rings. The normalized spacial score (nSPS) is 15.2. The summed E-state index contributed by atoms with van der Waals surface area (Å²) >= 11 is 0. The van der Waals surface area contributed by atoms with Gasteiger partial charge in [0.05, 0.1) is 17.0 Å². The quantitative estimate of drug-likeness (QED) is 0.743. The average Bonchev–Trinajstić information content (AvgIpc) is 3.09. The number of nitrogens with zero attached hydrogens (tertiary/aromatic N) is 6. The number of amides is 1. The van der Waals surface area contributed by atoms with Crippen molar-refractivity contribution < 1.29 is 4.79 Å². The van der Waals surface area contributed by atoms with E-state index in [4.69, 9.17) is 5.73 Å². The van der Waals surface area contributed by atoms with Crippen LogP contribution < -0.4 is 10.6 Å². The third-order valence-electron chi connectivity index (χ3n) is 5.49. The Morgan fingerprint density at radius 3 is 2.43 bits per heavy atom. The lowest BCUT2D eigenvalue weighted by molar-refractivity contribution is -0.136. The fraction of sp³-hybridized carbons (Fsp3) is 0.400. The number of hydrogen-bond acceptors (Lipinski definition) is 6. The summed E-state index contributed by atoms with van der Waals surface area (Å²) in [5, 5.41) is 4.95. The molecule has 0 atom stereocenters. The summed E-state index contributed by atoms with van der Waals surface area (Å²) in [6, 6.07) is 9.92. The molecule has 8 heteroatoms. The van der Waals surface area contributed by atoms with E-state index in [1.165, 1.54) is 0 Å². The molecular formula is C20H25N7O. The van der Waals surface area contributed by atoms with Gasteiger partial charge >= 0.3 is 0 Å². The van der Waals surface area contributed by atoms with Gasteiger partial charge in [-0.25, -0.2) is 0 Å². The number of aryl methyl sites for hydroxylation is 1. The summed E-state index contributed by atoms with van der Waals surface area (Å²) in [5.41, 5.74) is 7.26. The number of aromatic nitrogens is 4. The first kappa shape index (κ1) is 18.2. The molecule has 3 aromatic rings. The van der Waals surface area contributed by atoms with Crippen LogP contribution in [0.1, 0.15) is 19.4 Å². The molecule has 0 aliphatic carbocycles. The van der Waals surface area contributed by atoms with E-state index >= 15 is 0 Å². The first-order valence-corrected chi connectivity index (χ1v) is 9.43. The number of rotatable bonds is 3. The SMILES string of the molecule is Cn1ncc2c(N)nc(N3CCN(C(=O)C(C)(C)c4ccccc4)CC3)nc21. The Balaban J connectivity index is 1.49. The summed E-state index contributed by atoms with van der Waals surface area (Å²) in [5.74, 6) is 1.15. The predicted octanol–water partition coefficient (Wildman–Crippen LogP) is 1.57. The van der Waals surface area contributed by atoms with E-state index in [-0.39, 0.29) is 5.91 Å². The number of benzene rings is 1. The number of anilines is 2. The van der Waals surface area contributed by atoms with Crippen LogP contribution in [0.2, 0.25) is 0 Å². The average molecular weight is 379 g/mol. The zero-order chi connectivity index (χ0) is 19.9. The van der Waals surface area contributed by atoms with Crippen LogP contribution >= 0.6 is 0 Å². The number of piperazine rings is 1. The molecule has 1 aromatic carbocycles. The van der Waals surface area contributed by atoms with Crippen molar-refractivity contribution in [2.75, 3.05) is 36.8 Å². The Bertz CT molecular complexity index is 1000. The zero-order valence-electron chi connectivity index (χ0n) is 16.5. The minimum absolute atomic E-state index is 0.140. The van der Waals surface area contributed by atoms with Crippen molar-refractivity contribution in [3.63, 3.8) is 0 Å². The van der Waals surface area contributed by atoms with Gasteiger partial charge in [-0.3, -0.25) is 9.48 Å². The van der Waals surface area contributed by atoms with Crippen molar-refractivity contribution in [3.8, 4) is 0 Å². The van der Waals surface area contributed by atoms with Gasteiger partial charge in [-0.2, -0.15) is 15.1 Å². The van der Waals surface area contributed by atoms with Crippen LogP contribution in [0.15, 0.2) is 36.5 Å². The van der Waals surface area contributed by atoms with Gasteiger partial charge in [-0.15, -0.1) is 0 Å². The van der Waals surface area contributed by atoms with Crippen LogP contribution in [0.4, 0.5) is 11.8 Å². The van der Waals surface area contributed by atoms with Gasteiger partial charge in [-0.05, 0) is 19.4 Å². The molecule has 2 N–H and O–H groups in total. The smallest absolute Gasteiger partial charge is 0.232 e. The number of carbonyl (C=O) groups excluding carboxylic acids is 1. The molecule has 4 rings (SSSR count). The van der Waals surface area contributed by atoms with E-state index in [2.05, 4.69) is 20.0 Å². The van der Waals surface area contributed by atoms with Crippen molar-refractivity contribution in [1.82, 2.24) is 24.6 Å². The predicted molar refractivity (Wildman–Crippen MR) is 109 cm³/mol. The highest BCUT2D eigenvalue weighted by atomic mass is 16.2. The highest BCUT2D eigenvalue weighted by molar-refractivity contribution is 5.88. The highest BCUT2D eigenvalue weighted by Gasteiger charge is 2.35. The molecule has 1 aliphatic rings. The first-order valence-electron chi connectivity index (χ1n) is 9.43. The minimum atomic E-state index is -0.558. The Hall–Kier alpha value is -3.16. The van der Waals surface area contributed by atoms with Crippen molar-refractivity contribution >= 4 is 28.7 Å². The van der Waals surface area contributed by atoms with Gasteiger partial charge in [0, 0.05) is 33.2 Å². The summed E-state index contributed by atoms with van der Waals surface area (Å²) in [6.07, 6.45) is 1.68. The number of nitrogen functional groups attached to an aromatic ring is 1. The fourth-order valence-corrected chi connectivity index (χ4v) is 3.66. The van der Waals surface area contributed by atoms with E-state index in [1.807, 2.05) is 56.1 Å². The summed E-state index contributed by atoms with van der Waals surface area (Å²) in [6.45, 7) is 6.55. The molecule has 3 heterocycles. The number of nitrogens with two attached hydrogens (primary N) is 1.